The maximum atomic E-state index is 6.22. The van der Waals surface area contributed by atoms with E-state index in [1.807, 2.05) is 30.3 Å². The van der Waals surface area contributed by atoms with Gasteiger partial charge in [0.05, 0.1) is 0 Å². The Bertz CT molecular complexity index is 301. The van der Waals surface area contributed by atoms with Crippen LogP contribution in [-0.2, 0) is 0 Å². The van der Waals surface area contributed by atoms with Gasteiger partial charge in [-0.1, -0.05) is 45.9 Å². The highest BCUT2D eigenvalue weighted by atomic mass is 31.2. The quantitative estimate of drug-likeness (QED) is 0.663. The van der Waals surface area contributed by atoms with Crippen molar-refractivity contribution in [3.05, 3.63) is 30.3 Å². The lowest BCUT2D eigenvalue weighted by atomic mass is 10.3. The molecule has 102 valence electrons. The Morgan fingerprint density at radius 3 is 1.67 bits per heavy atom. The highest BCUT2D eigenvalue weighted by Crippen LogP contribution is 2.45. The van der Waals surface area contributed by atoms with Crippen LogP contribution in [0.4, 0.5) is 0 Å². The predicted octanol–water partition coefficient (Wildman–Crippen LogP) is 3.98. The molecule has 0 atom stereocenters. The largest absolute Gasteiger partial charge is 0.444 e. The predicted molar refractivity (Wildman–Crippen MR) is 79.8 cm³/mol. The molecule has 0 saturated carbocycles. The minimum Gasteiger partial charge on any atom is -0.444 e. The monoisotopic (exact) mass is 268 g/mol. The van der Waals surface area contributed by atoms with Crippen molar-refractivity contribution in [3.63, 3.8) is 0 Å². The molecule has 0 saturated heterocycles. The summed E-state index contributed by atoms with van der Waals surface area (Å²) in [6.45, 7) is 12.8. The summed E-state index contributed by atoms with van der Waals surface area (Å²) in [6, 6.07) is 10.1. The standard InChI is InChI=1S/C14H25N2OP/c1-5-15(6-2)18(16(7-3)8-4)17-14-12-10-9-11-13-14/h9-13H,5-8H2,1-4H3. The molecule has 0 radical (unpaired) electrons. The molecular formula is C14H25N2OP. The van der Waals surface area contributed by atoms with Crippen molar-refractivity contribution < 1.29 is 4.52 Å². The van der Waals surface area contributed by atoms with Crippen LogP contribution in [0.5, 0.6) is 5.75 Å². The molecular weight excluding hydrogens is 243 g/mol. The third kappa shape index (κ3) is 4.24. The molecule has 3 nitrogen and oxygen atoms in total. The first-order valence-corrected chi connectivity index (χ1v) is 7.96. The van der Waals surface area contributed by atoms with E-state index in [0.29, 0.717) is 0 Å². The third-order valence-electron chi connectivity index (χ3n) is 2.87. The summed E-state index contributed by atoms with van der Waals surface area (Å²) in [7, 11) is -0.698. The molecule has 0 amide bonds. The highest BCUT2D eigenvalue weighted by molar-refractivity contribution is 7.47. The van der Waals surface area contributed by atoms with Crippen LogP contribution in [0.1, 0.15) is 27.7 Å². The summed E-state index contributed by atoms with van der Waals surface area (Å²) in [5.41, 5.74) is 0. The summed E-state index contributed by atoms with van der Waals surface area (Å²) in [5.74, 6) is 0.961. The maximum Gasteiger partial charge on any atom is 0.248 e. The number of hydrogen-bond acceptors (Lipinski definition) is 3. The molecule has 0 unspecified atom stereocenters. The topological polar surface area (TPSA) is 15.7 Å². The smallest absolute Gasteiger partial charge is 0.248 e. The first-order valence-electron chi connectivity index (χ1n) is 6.79. The fraction of sp³-hybridized carbons (Fsp3) is 0.571. The van der Waals surface area contributed by atoms with Crippen LogP contribution in [0.2, 0.25) is 0 Å². The number of hydrogen-bond donors (Lipinski definition) is 0. The van der Waals surface area contributed by atoms with Crippen LogP contribution in [0, 0.1) is 0 Å². The number of benzene rings is 1. The lowest BCUT2D eigenvalue weighted by Crippen LogP contribution is -2.31. The molecule has 0 aliphatic heterocycles. The van der Waals surface area contributed by atoms with Gasteiger partial charge in [0.25, 0.3) is 0 Å². The Balaban J connectivity index is 2.83. The van der Waals surface area contributed by atoms with E-state index >= 15 is 0 Å². The van der Waals surface area contributed by atoms with E-state index in [-0.39, 0.29) is 0 Å². The molecule has 0 N–H and O–H groups in total. The number of nitrogens with zero attached hydrogens (tertiary/aromatic N) is 2. The Labute approximate surface area is 113 Å². The second-order valence-corrected chi connectivity index (χ2v) is 5.75. The van der Waals surface area contributed by atoms with Crippen molar-refractivity contribution in [1.29, 1.82) is 0 Å². The van der Waals surface area contributed by atoms with Gasteiger partial charge in [-0.15, -0.1) is 0 Å². The summed E-state index contributed by atoms with van der Waals surface area (Å²) >= 11 is 0. The van der Waals surface area contributed by atoms with Crippen molar-refractivity contribution in [2.45, 2.75) is 27.7 Å². The molecule has 0 aromatic heterocycles. The van der Waals surface area contributed by atoms with Crippen LogP contribution in [0.3, 0.4) is 0 Å². The minimum absolute atomic E-state index is 0.698. The maximum absolute atomic E-state index is 6.22. The van der Waals surface area contributed by atoms with Gasteiger partial charge in [-0.3, -0.25) is 0 Å². The lowest BCUT2D eigenvalue weighted by Gasteiger charge is -2.35. The van der Waals surface area contributed by atoms with Crippen molar-refractivity contribution in [1.82, 2.24) is 9.34 Å². The van der Waals surface area contributed by atoms with Gasteiger partial charge >= 0.3 is 0 Å². The van der Waals surface area contributed by atoms with Crippen LogP contribution in [0.15, 0.2) is 30.3 Å². The summed E-state index contributed by atoms with van der Waals surface area (Å²) in [5, 5.41) is 0. The molecule has 1 rings (SSSR count). The van der Waals surface area contributed by atoms with Gasteiger partial charge in [0, 0.05) is 26.2 Å². The number of rotatable bonds is 8. The van der Waals surface area contributed by atoms with Crippen molar-refractivity contribution in [2.75, 3.05) is 26.2 Å². The van der Waals surface area contributed by atoms with Crippen molar-refractivity contribution in [3.8, 4) is 5.75 Å². The van der Waals surface area contributed by atoms with Crippen LogP contribution >= 0.6 is 8.45 Å². The van der Waals surface area contributed by atoms with E-state index < -0.39 is 8.45 Å². The Morgan fingerprint density at radius 1 is 0.833 bits per heavy atom. The molecule has 0 fully saturated rings. The molecule has 0 heterocycles. The molecule has 0 bridgehead atoms. The first-order chi connectivity index (χ1) is 8.76. The molecule has 0 aliphatic carbocycles. The van der Waals surface area contributed by atoms with E-state index in [1.54, 1.807) is 0 Å². The molecule has 1 aromatic rings. The summed E-state index contributed by atoms with van der Waals surface area (Å²) in [4.78, 5) is 0. The lowest BCUT2D eigenvalue weighted by molar-refractivity contribution is 0.360. The van der Waals surface area contributed by atoms with E-state index in [0.717, 1.165) is 31.9 Å². The fourth-order valence-electron chi connectivity index (χ4n) is 1.80. The fourth-order valence-corrected chi connectivity index (χ4v) is 3.67. The van der Waals surface area contributed by atoms with E-state index in [2.05, 4.69) is 37.0 Å². The molecule has 0 aliphatic rings. The zero-order chi connectivity index (χ0) is 13.4. The van der Waals surface area contributed by atoms with Crippen LogP contribution in [0.25, 0.3) is 0 Å². The Kier molecular flexibility index (Phi) is 7.26. The van der Waals surface area contributed by atoms with Crippen LogP contribution < -0.4 is 4.52 Å². The Morgan fingerprint density at radius 2 is 1.28 bits per heavy atom. The first kappa shape index (κ1) is 15.4. The highest BCUT2D eigenvalue weighted by Gasteiger charge is 2.24. The molecule has 4 heteroatoms. The summed E-state index contributed by atoms with van der Waals surface area (Å²) < 4.78 is 11.0. The van der Waals surface area contributed by atoms with Gasteiger partial charge in [0.15, 0.2) is 0 Å². The van der Waals surface area contributed by atoms with Gasteiger partial charge < -0.3 is 4.52 Å². The Hall–Kier alpha value is -0.630. The minimum atomic E-state index is -0.698. The van der Waals surface area contributed by atoms with Gasteiger partial charge in [0.1, 0.15) is 5.75 Å². The van der Waals surface area contributed by atoms with Gasteiger partial charge in [-0.25, -0.2) is 9.34 Å². The zero-order valence-corrected chi connectivity index (χ0v) is 12.9. The SMILES string of the molecule is CCN(CC)P(Oc1ccccc1)N(CC)CC. The van der Waals surface area contributed by atoms with Gasteiger partial charge in [0.2, 0.25) is 8.45 Å². The second-order valence-electron chi connectivity index (χ2n) is 3.93. The van der Waals surface area contributed by atoms with E-state index in [1.165, 1.54) is 0 Å². The second kappa shape index (κ2) is 8.47. The van der Waals surface area contributed by atoms with E-state index in [4.69, 9.17) is 4.52 Å². The van der Waals surface area contributed by atoms with Gasteiger partial charge in [-0.05, 0) is 12.1 Å². The molecule has 0 spiro atoms. The van der Waals surface area contributed by atoms with Crippen LogP contribution in [-0.4, -0.2) is 35.5 Å². The van der Waals surface area contributed by atoms with E-state index in [9.17, 15) is 0 Å². The van der Waals surface area contributed by atoms with Crippen molar-refractivity contribution >= 4 is 8.45 Å². The molecule has 18 heavy (non-hydrogen) atoms. The third-order valence-corrected chi connectivity index (χ3v) is 5.35. The van der Waals surface area contributed by atoms with Gasteiger partial charge in [-0.2, -0.15) is 0 Å². The summed E-state index contributed by atoms with van der Waals surface area (Å²) in [6.07, 6.45) is 0. The molecule has 1 aromatic carbocycles. The average molecular weight is 268 g/mol. The zero-order valence-electron chi connectivity index (χ0n) is 12.0. The average Bonchev–Trinajstić information content (AvgIpc) is 2.42. The number of para-hydroxylation sites is 1. The normalized spacial score (nSPS) is 11.5. The van der Waals surface area contributed by atoms with Crippen molar-refractivity contribution in [2.24, 2.45) is 0 Å².